The van der Waals surface area contributed by atoms with Gasteiger partial charge < -0.3 is 0 Å². The van der Waals surface area contributed by atoms with Crippen molar-refractivity contribution in [1.29, 1.82) is 0 Å². The molecule has 0 saturated heterocycles. The van der Waals surface area contributed by atoms with Crippen LogP contribution in [0.4, 0.5) is 0 Å². The van der Waals surface area contributed by atoms with Crippen LogP contribution in [0.5, 0.6) is 0 Å². The first-order valence-electron chi connectivity index (χ1n) is 8.28. The van der Waals surface area contributed by atoms with Gasteiger partial charge in [-0.05, 0) is 49.0 Å². The van der Waals surface area contributed by atoms with Gasteiger partial charge in [0.1, 0.15) is 0 Å². The molecule has 20 heavy (non-hydrogen) atoms. The average molecular weight is 279 g/mol. The molecule has 1 rings (SSSR count). The molecule has 118 valence electrons. The highest BCUT2D eigenvalue weighted by atomic mass is 14.4. The normalized spacial score (nSPS) is 19.2. The molecule has 0 aliphatic heterocycles. The van der Waals surface area contributed by atoms with Crippen molar-refractivity contribution >= 4 is 0 Å². The van der Waals surface area contributed by atoms with Crippen LogP contribution in [0.1, 0.15) is 81.1 Å². The summed E-state index contributed by atoms with van der Waals surface area (Å²) in [7, 11) is 0. The molecule has 1 aliphatic rings. The van der Waals surface area contributed by atoms with Gasteiger partial charge in [-0.3, -0.25) is 0 Å². The van der Waals surface area contributed by atoms with E-state index in [9.17, 15) is 0 Å². The molecule has 1 aliphatic carbocycles. The van der Waals surface area contributed by atoms with Crippen molar-refractivity contribution in [3.05, 3.63) is 36.5 Å². The van der Waals surface area contributed by atoms with E-state index in [4.69, 9.17) is 0 Å². The minimum absolute atomic E-state index is 0.307. The zero-order valence-corrected chi connectivity index (χ0v) is 15.4. The molecule has 1 fully saturated rings. The Morgan fingerprint density at radius 2 is 1.20 bits per heavy atom. The summed E-state index contributed by atoms with van der Waals surface area (Å²) in [6.07, 6.45) is 9.37. The Hall–Kier alpha value is -0.780. The van der Waals surface area contributed by atoms with E-state index < -0.39 is 0 Å². The smallest absolute Gasteiger partial charge is 0.00807 e. The van der Waals surface area contributed by atoms with Crippen molar-refractivity contribution in [3.63, 3.8) is 0 Å². The van der Waals surface area contributed by atoms with Crippen LogP contribution in [0.15, 0.2) is 36.5 Å². The minimum Gasteiger partial charge on any atom is -0.0961 e. The molecule has 0 bridgehead atoms. The molecule has 0 aromatic carbocycles. The van der Waals surface area contributed by atoms with Gasteiger partial charge in [0, 0.05) is 0 Å². The van der Waals surface area contributed by atoms with Crippen molar-refractivity contribution in [3.8, 4) is 0 Å². The first kappa shape index (κ1) is 21.5. The van der Waals surface area contributed by atoms with Crippen LogP contribution in [0.25, 0.3) is 0 Å². The molecule has 0 N–H and O–H groups in total. The monoisotopic (exact) mass is 278 g/mol. The zero-order chi connectivity index (χ0) is 16.4. The van der Waals surface area contributed by atoms with Crippen LogP contribution in [-0.4, -0.2) is 0 Å². The highest BCUT2D eigenvalue weighted by Crippen LogP contribution is 2.48. The van der Waals surface area contributed by atoms with Crippen LogP contribution in [-0.2, 0) is 0 Å². The van der Waals surface area contributed by atoms with Crippen LogP contribution in [0.3, 0.4) is 0 Å². The molecule has 0 unspecified atom stereocenters. The Balaban J connectivity index is 0. The van der Waals surface area contributed by atoms with E-state index in [-0.39, 0.29) is 0 Å². The number of hydrogen-bond acceptors (Lipinski definition) is 0. The van der Waals surface area contributed by atoms with Crippen molar-refractivity contribution in [1.82, 2.24) is 0 Å². The largest absolute Gasteiger partial charge is 0.0961 e. The number of allylic oxidation sites excluding steroid dienone is 4. The summed E-state index contributed by atoms with van der Waals surface area (Å²) in [4.78, 5) is 0. The third kappa shape index (κ3) is 7.72. The lowest BCUT2D eigenvalue weighted by Gasteiger charge is -2.42. The van der Waals surface area contributed by atoms with Crippen molar-refractivity contribution in [2.24, 2.45) is 10.8 Å². The summed E-state index contributed by atoms with van der Waals surface area (Å²) < 4.78 is 0. The lowest BCUT2D eigenvalue weighted by Crippen LogP contribution is -2.29. The van der Waals surface area contributed by atoms with Crippen LogP contribution >= 0.6 is 0 Å². The van der Waals surface area contributed by atoms with Crippen molar-refractivity contribution in [2.45, 2.75) is 81.1 Å². The second-order valence-corrected chi connectivity index (χ2v) is 6.43. The third-order valence-corrected chi connectivity index (χ3v) is 4.05. The molecule has 0 aromatic heterocycles. The standard InChI is InChI=1S/C16H26.2C2H6/c1-13(2)7-8-14(3)16(6)11-9-15(4,5)10-12-16;2*1-2/h7-8H,1,3,9-12H2,2,4-6H3;2*1-2H3/b8-7-;;. The molecule has 0 heteroatoms. The zero-order valence-electron chi connectivity index (χ0n) is 15.4. The van der Waals surface area contributed by atoms with Gasteiger partial charge in [-0.15, -0.1) is 0 Å². The molecule has 0 nitrogen and oxygen atoms in total. The van der Waals surface area contributed by atoms with Crippen molar-refractivity contribution in [2.75, 3.05) is 0 Å². The molecule has 0 atom stereocenters. The van der Waals surface area contributed by atoms with Gasteiger partial charge in [-0.2, -0.15) is 0 Å². The molecule has 0 heterocycles. The van der Waals surface area contributed by atoms with E-state index in [2.05, 4.69) is 46.1 Å². The highest BCUT2D eigenvalue weighted by Gasteiger charge is 2.35. The van der Waals surface area contributed by atoms with Gasteiger partial charge in [0.05, 0.1) is 0 Å². The second-order valence-electron chi connectivity index (χ2n) is 6.43. The van der Waals surface area contributed by atoms with E-state index in [0.29, 0.717) is 10.8 Å². The maximum Gasteiger partial charge on any atom is -0.00807 e. The van der Waals surface area contributed by atoms with Crippen molar-refractivity contribution < 1.29 is 0 Å². The van der Waals surface area contributed by atoms with Gasteiger partial charge in [0.15, 0.2) is 0 Å². The van der Waals surface area contributed by atoms with Crippen LogP contribution in [0, 0.1) is 10.8 Å². The first-order valence-corrected chi connectivity index (χ1v) is 8.28. The maximum absolute atomic E-state index is 4.24. The van der Waals surface area contributed by atoms with Gasteiger partial charge >= 0.3 is 0 Å². The van der Waals surface area contributed by atoms with Crippen LogP contribution in [0.2, 0.25) is 0 Å². The SMILES string of the molecule is C=C(C)/C=C\C(=C)C1(C)CCC(C)(C)CC1.CC.CC. The summed E-state index contributed by atoms with van der Waals surface area (Å²) in [6, 6.07) is 0. The maximum atomic E-state index is 4.24. The Morgan fingerprint density at radius 1 is 0.800 bits per heavy atom. The molecule has 0 radical (unpaired) electrons. The molecule has 0 amide bonds. The Labute approximate surface area is 129 Å². The fourth-order valence-corrected chi connectivity index (χ4v) is 2.24. The average Bonchev–Trinajstić information content (AvgIpc) is 2.44. The highest BCUT2D eigenvalue weighted by molar-refractivity contribution is 5.28. The summed E-state index contributed by atoms with van der Waals surface area (Å²) in [5.41, 5.74) is 3.20. The summed E-state index contributed by atoms with van der Waals surface area (Å²) in [5.74, 6) is 0. The van der Waals surface area contributed by atoms with Crippen LogP contribution < -0.4 is 0 Å². The number of rotatable bonds is 3. The lowest BCUT2D eigenvalue weighted by atomic mass is 9.63. The predicted molar refractivity (Wildman–Crippen MR) is 96.1 cm³/mol. The summed E-state index contributed by atoms with van der Waals surface area (Å²) in [5, 5.41) is 0. The number of hydrogen-bond donors (Lipinski definition) is 0. The summed E-state index contributed by atoms with van der Waals surface area (Å²) in [6.45, 7) is 25.3. The topological polar surface area (TPSA) is 0 Å². The van der Waals surface area contributed by atoms with E-state index >= 15 is 0 Å². The fraction of sp³-hybridized carbons (Fsp3) is 0.700. The van der Waals surface area contributed by atoms with Gasteiger partial charge in [0.2, 0.25) is 0 Å². The fourth-order valence-electron chi connectivity index (χ4n) is 2.24. The quantitative estimate of drug-likeness (QED) is 0.474. The molecular formula is C20H38. The van der Waals surface area contributed by atoms with E-state index in [1.54, 1.807) is 0 Å². The Kier molecular flexibility index (Phi) is 10.8. The van der Waals surface area contributed by atoms with Gasteiger partial charge in [-0.1, -0.05) is 79.3 Å². The van der Waals surface area contributed by atoms with E-state index in [1.807, 2.05) is 34.6 Å². The molecule has 0 aromatic rings. The minimum atomic E-state index is 0.307. The molecular weight excluding hydrogens is 240 g/mol. The second kappa shape index (κ2) is 10.0. The molecule has 1 saturated carbocycles. The Morgan fingerprint density at radius 3 is 1.55 bits per heavy atom. The predicted octanol–water partition coefficient (Wildman–Crippen LogP) is 7.33. The van der Waals surface area contributed by atoms with E-state index in [1.165, 1.54) is 31.3 Å². The Bertz CT molecular complexity index is 305. The lowest BCUT2D eigenvalue weighted by molar-refractivity contribution is 0.149. The van der Waals surface area contributed by atoms with Gasteiger partial charge in [0.25, 0.3) is 0 Å². The van der Waals surface area contributed by atoms with E-state index in [0.717, 1.165) is 5.57 Å². The third-order valence-electron chi connectivity index (χ3n) is 4.05. The van der Waals surface area contributed by atoms with Gasteiger partial charge in [-0.25, -0.2) is 0 Å². The molecule has 0 spiro atoms. The first-order chi connectivity index (χ1) is 9.25. The summed E-state index contributed by atoms with van der Waals surface area (Å²) >= 11 is 0.